The number of hydrogen-bond donors (Lipinski definition) is 1. The highest BCUT2D eigenvalue weighted by Gasteiger charge is 2.29. The van der Waals surface area contributed by atoms with Crippen LogP contribution in [0.25, 0.3) is 0 Å². The zero-order valence-corrected chi connectivity index (χ0v) is 15.4. The number of carboxylic acid groups (broad SMARTS) is 1. The van der Waals surface area contributed by atoms with Crippen molar-refractivity contribution in [3.63, 3.8) is 0 Å². The van der Waals surface area contributed by atoms with Gasteiger partial charge < -0.3 is 14.6 Å². The van der Waals surface area contributed by atoms with E-state index in [0.29, 0.717) is 24.7 Å². The summed E-state index contributed by atoms with van der Waals surface area (Å²) in [6, 6.07) is 12.3. The summed E-state index contributed by atoms with van der Waals surface area (Å²) >= 11 is 0. The van der Waals surface area contributed by atoms with Crippen LogP contribution in [0.5, 0.6) is 11.5 Å². The lowest BCUT2D eigenvalue weighted by atomic mass is 10.3. The molecule has 0 saturated carbocycles. The highest BCUT2D eigenvalue weighted by Crippen LogP contribution is 2.32. The smallest absolute Gasteiger partial charge is 0.324 e. The summed E-state index contributed by atoms with van der Waals surface area (Å²) in [5.41, 5.74) is 0.172. The van der Waals surface area contributed by atoms with E-state index in [1.54, 1.807) is 25.1 Å². The Hall–Kier alpha value is -2.74. The highest BCUT2D eigenvalue weighted by molar-refractivity contribution is 7.92. The Morgan fingerprint density at radius 1 is 1.00 bits per heavy atom. The molecule has 0 unspecified atom stereocenters. The number of rotatable bonds is 9. The second-order valence-corrected chi connectivity index (χ2v) is 7.07. The van der Waals surface area contributed by atoms with Crippen molar-refractivity contribution in [3.05, 3.63) is 48.5 Å². The van der Waals surface area contributed by atoms with Crippen molar-refractivity contribution in [2.45, 2.75) is 18.7 Å². The first kappa shape index (κ1) is 19.6. The van der Waals surface area contributed by atoms with Gasteiger partial charge in [0.15, 0.2) is 0 Å². The minimum Gasteiger partial charge on any atom is -0.494 e. The molecule has 8 heteroatoms. The molecule has 0 radical (unpaired) electrons. The number of ether oxygens (including phenoxy) is 2. The maximum atomic E-state index is 13.1. The van der Waals surface area contributed by atoms with Crippen molar-refractivity contribution in [2.75, 3.05) is 24.1 Å². The van der Waals surface area contributed by atoms with E-state index in [1.165, 1.54) is 30.3 Å². The molecule has 0 fully saturated rings. The lowest BCUT2D eigenvalue weighted by Gasteiger charge is -2.24. The van der Waals surface area contributed by atoms with Crippen LogP contribution < -0.4 is 13.8 Å². The molecule has 0 amide bonds. The van der Waals surface area contributed by atoms with E-state index in [0.717, 1.165) is 4.31 Å². The number of nitrogens with zero attached hydrogens (tertiary/aromatic N) is 1. The third-order valence-corrected chi connectivity index (χ3v) is 5.21. The molecule has 2 rings (SSSR count). The van der Waals surface area contributed by atoms with Gasteiger partial charge in [-0.3, -0.25) is 9.10 Å². The second-order valence-electron chi connectivity index (χ2n) is 5.21. The SMILES string of the molecule is CCOc1ccc(S(=O)(=O)N(CC(=O)O)c2ccccc2OCC)cc1. The van der Waals surface area contributed by atoms with Crippen molar-refractivity contribution in [1.29, 1.82) is 0 Å². The molecule has 0 aliphatic rings. The molecule has 0 bridgehead atoms. The number of carbonyl (C=O) groups is 1. The van der Waals surface area contributed by atoms with Gasteiger partial charge in [-0.05, 0) is 50.2 Å². The normalized spacial score (nSPS) is 11.0. The van der Waals surface area contributed by atoms with Crippen LogP contribution in [0, 0.1) is 0 Å². The van der Waals surface area contributed by atoms with Crippen LogP contribution in [-0.2, 0) is 14.8 Å². The lowest BCUT2D eigenvalue weighted by molar-refractivity contribution is -0.135. The zero-order chi connectivity index (χ0) is 19.2. The van der Waals surface area contributed by atoms with Crippen molar-refractivity contribution in [1.82, 2.24) is 0 Å². The van der Waals surface area contributed by atoms with Crippen LogP contribution in [0.3, 0.4) is 0 Å². The van der Waals surface area contributed by atoms with Crippen LogP contribution in [0.15, 0.2) is 53.4 Å². The molecule has 7 nitrogen and oxygen atoms in total. The van der Waals surface area contributed by atoms with Crippen LogP contribution in [-0.4, -0.2) is 39.3 Å². The fraction of sp³-hybridized carbons (Fsp3) is 0.278. The molecular weight excluding hydrogens is 358 g/mol. The number of sulfonamides is 1. The molecular formula is C18H21NO6S. The highest BCUT2D eigenvalue weighted by atomic mass is 32.2. The van der Waals surface area contributed by atoms with Gasteiger partial charge in [0.1, 0.15) is 18.0 Å². The topological polar surface area (TPSA) is 93.1 Å². The first-order valence-electron chi connectivity index (χ1n) is 8.09. The summed E-state index contributed by atoms with van der Waals surface area (Å²) in [6.45, 7) is 3.64. The van der Waals surface area contributed by atoms with E-state index >= 15 is 0 Å². The van der Waals surface area contributed by atoms with Gasteiger partial charge in [0, 0.05) is 0 Å². The van der Waals surface area contributed by atoms with Crippen LogP contribution >= 0.6 is 0 Å². The second kappa shape index (κ2) is 8.57. The van der Waals surface area contributed by atoms with Gasteiger partial charge in [0.05, 0.1) is 23.8 Å². The number of anilines is 1. The molecule has 0 heterocycles. The Morgan fingerprint density at radius 3 is 2.19 bits per heavy atom. The molecule has 1 N–H and O–H groups in total. The summed E-state index contributed by atoms with van der Waals surface area (Å²) in [4.78, 5) is 11.3. The van der Waals surface area contributed by atoms with E-state index in [2.05, 4.69) is 0 Å². The number of carboxylic acids is 1. The van der Waals surface area contributed by atoms with E-state index in [-0.39, 0.29) is 10.6 Å². The van der Waals surface area contributed by atoms with Crippen LogP contribution in [0.2, 0.25) is 0 Å². The van der Waals surface area contributed by atoms with Gasteiger partial charge in [-0.1, -0.05) is 12.1 Å². The molecule has 0 atom stereocenters. The third-order valence-electron chi connectivity index (χ3n) is 3.44. The Bertz CT molecular complexity index is 848. The largest absolute Gasteiger partial charge is 0.494 e. The monoisotopic (exact) mass is 379 g/mol. The number of hydrogen-bond acceptors (Lipinski definition) is 5. The lowest BCUT2D eigenvalue weighted by Crippen LogP contribution is -2.36. The first-order valence-corrected chi connectivity index (χ1v) is 9.53. The Morgan fingerprint density at radius 2 is 1.62 bits per heavy atom. The average Bonchev–Trinajstić information content (AvgIpc) is 2.61. The third kappa shape index (κ3) is 4.45. The summed E-state index contributed by atoms with van der Waals surface area (Å²) < 4.78 is 37.7. The maximum Gasteiger partial charge on any atom is 0.324 e. The molecule has 2 aromatic rings. The molecule has 2 aromatic carbocycles. The van der Waals surface area contributed by atoms with Crippen molar-refractivity contribution in [2.24, 2.45) is 0 Å². The van der Waals surface area contributed by atoms with E-state index in [4.69, 9.17) is 9.47 Å². The fourth-order valence-electron chi connectivity index (χ4n) is 2.36. The van der Waals surface area contributed by atoms with Crippen molar-refractivity contribution in [3.8, 4) is 11.5 Å². The first-order chi connectivity index (χ1) is 12.4. The van der Waals surface area contributed by atoms with Gasteiger partial charge in [0.25, 0.3) is 10.0 Å². The summed E-state index contributed by atoms with van der Waals surface area (Å²) in [5.74, 6) is -0.442. The molecule has 140 valence electrons. The molecule has 0 spiro atoms. The minimum absolute atomic E-state index is 0.0338. The van der Waals surface area contributed by atoms with Gasteiger partial charge in [0.2, 0.25) is 0 Å². The summed E-state index contributed by atoms with van der Waals surface area (Å²) in [5, 5.41) is 9.22. The Balaban J connectivity index is 2.50. The van der Waals surface area contributed by atoms with E-state index in [1.807, 2.05) is 6.92 Å². The zero-order valence-electron chi connectivity index (χ0n) is 14.6. The van der Waals surface area contributed by atoms with Crippen molar-refractivity contribution < 1.29 is 27.8 Å². The molecule has 0 aromatic heterocycles. The van der Waals surface area contributed by atoms with Gasteiger partial charge in [-0.25, -0.2) is 8.42 Å². The number of aliphatic carboxylic acids is 1. The standard InChI is InChI=1S/C18H21NO6S/c1-3-24-14-9-11-15(12-10-14)26(22,23)19(13-18(20)21)16-7-5-6-8-17(16)25-4-2/h5-12H,3-4,13H2,1-2H3,(H,20,21). The molecule has 0 saturated heterocycles. The average molecular weight is 379 g/mol. The Labute approximate surface area is 152 Å². The Kier molecular flexibility index (Phi) is 6.46. The quantitative estimate of drug-likeness (QED) is 0.720. The van der Waals surface area contributed by atoms with Crippen LogP contribution in [0.1, 0.15) is 13.8 Å². The predicted molar refractivity (Wildman–Crippen MR) is 97.4 cm³/mol. The van der Waals surface area contributed by atoms with Gasteiger partial charge in [-0.15, -0.1) is 0 Å². The summed E-state index contributed by atoms with van der Waals surface area (Å²) in [6.07, 6.45) is 0. The van der Waals surface area contributed by atoms with Crippen LogP contribution in [0.4, 0.5) is 5.69 Å². The molecule has 0 aliphatic carbocycles. The predicted octanol–water partition coefficient (Wildman–Crippen LogP) is 2.76. The molecule has 0 aliphatic heterocycles. The minimum atomic E-state index is -4.10. The summed E-state index contributed by atoms with van der Waals surface area (Å²) in [7, 11) is -4.10. The maximum absolute atomic E-state index is 13.1. The van der Waals surface area contributed by atoms with E-state index in [9.17, 15) is 18.3 Å². The van der Waals surface area contributed by atoms with E-state index < -0.39 is 22.5 Å². The van der Waals surface area contributed by atoms with Gasteiger partial charge in [-0.2, -0.15) is 0 Å². The number of para-hydroxylation sites is 2. The number of benzene rings is 2. The van der Waals surface area contributed by atoms with Gasteiger partial charge >= 0.3 is 5.97 Å². The fourth-order valence-corrected chi connectivity index (χ4v) is 3.79. The molecule has 26 heavy (non-hydrogen) atoms. The van der Waals surface area contributed by atoms with Crippen molar-refractivity contribution >= 4 is 21.7 Å².